The topological polar surface area (TPSA) is 58.6 Å². The van der Waals surface area contributed by atoms with Crippen molar-refractivity contribution in [2.24, 2.45) is 29.1 Å². The third kappa shape index (κ3) is 3.16. The lowest BCUT2D eigenvalue weighted by atomic mass is 9.37. The van der Waals surface area contributed by atoms with Gasteiger partial charge in [-0.2, -0.15) is 0 Å². The number of carbonyl (C=O) groups excluding carboxylic acids is 2. The molecule has 1 aliphatic heterocycles. The summed E-state index contributed by atoms with van der Waals surface area (Å²) in [6.07, 6.45) is 4.43. The van der Waals surface area contributed by atoms with Crippen LogP contribution < -0.4 is 5.32 Å². The minimum Gasteiger partial charge on any atom is -0.442 e. The molecule has 5 fully saturated rings. The van der Waals surface area contributed by atoms with E-state index in [4.69, 9.17) is 4.74 Å². The monoisotopic (exact) mass is 428 g/mol. The Morgan fingerprint density at radius 3 is 2.10 bits per heavy atom. The third-order valence-electron chi connectivity index (χ3n) is 9.34. The summed E-state index contributed by atoms with van der Waals surface area (Å²) in [5.41, 5.74) is 1.31. The summed E-state index contributed by atoms with van der Waals surface area (Å²) in [4.78, 5) is 26.6. The summed E-state index contributed by atoms with van der Waals surface area (Å²) in [5, 5.41) is 2.45. The Kier molecular flexibility index (Phi) is 4.83. The molecule has 6 heteroatoms. The summed E-state index contributed by atoms with van der Waals surface area (Å²) in [5.74, 6) is 2.27. The summed E-state index contributed by atoms with van der Waals surface area (Å²) < 4.78 is 19.0. The molecule has 31 heavy (non-hydrogen) atoms. The van der Waals surface area contributed by atoms with E-state index in [1.807, 2.05) is 17.0 Å². The molecule has 1 aromatic carbocycles. The lowest BCUT2D eigenvalue weighted by Crippen LogP contribution is -2.63. The van der Waals surface area contributed by atoms with Gasteiger partial charge in [0.1, 0.15) is 11.9 Å². The lowest BCUT2D eigenvalue weighted by Gasteiger charge is -2.67. The molecule has 0 radical (unpaired) electrons. The summed E-state index contributed by atoms with van der Waals surface area (Å²) in [7, 11) is 1.53. The van der Waals surface area contributed by atoms with E-state index >= 15 is 0 Å². The molecule has 1 saturated heterocycles. The maximum atomic E-state index is 13.7. The van der Waals surface area contributed by atoms with Crippen LogP contribution in [0.4, 0.5) is 9.18 Å². The number of ether oxygens (including phenoxy) is 1. The van der Waals surface area contributed by atoms with Crippen molar-refractivity contribution < 1.29 is 18.7 Å². The maximum Gasteiger partial charge on any atom is 0.407 e. The van der Waals surface area contributed by atoms with Crippen molar-refractivity contribution in [3.05, 3.63) is 35.6 Å². The zero-order chi connectivity index (χ0) is 22.0. The van der Waals surface area contributed by atoms with E-state index in [9.17, 15) is 14.0 Å². The molecule has 4 bridgehead atoms. The Labute approximate surface area is 183 Å². The average molecular weight is 429 g/mol. The first-order valence-electron chi connectivity index (χ1n) is 11.7. The number of nitrogens with zero attached hydrogens (tertiary/aromatic N) is 1. The van der Waals surface area contributed by atoms with Gasteiger partial charge in [-0.25, -0.2) is 9.18 Å². The molecule has 6 rings (SSSR count). The van der Waals surface area contributed by atoms with Crippen LogP contribution in [0, 0.1) is 34.9 Å². The number of amides is 2. The molecule has 1 aromatic rings. The molecule has 4 saturated carbocycles. The second kappa shape index (κ2) is 7.21. The van der Waals surface area contributed by atoms with E-state index in [1.165, 1.54) is 7.05 Å². The van der Waals surface area contributed by atoms with Crippen molar-refractivity contribution in [1.82, 2.24) is 10.2 Å². The fourth-order valence-corrected chi connectivity index (χ4v) is 7.39. The van der Waals surface area contributed by atoms with Gasteiger partial charge < -0.3 is 15.0 Å². The standard InChI is InChI=1S/C25H33FN2O3/c1-24(2)16-8-18-10-17(24)11-19(9-16)25(18,15-4-6-20(26)7-5-15)12-22(29)28-13-21(14-28)31-23(30)27-3/h4-7,16-19,21H,8-14H2,1-3H3,(H,27,30). The van der Waals surface area contributed by atoms with Crippen molar-refractivity contribution >= 4 is 12.0 Å². The van der Waals surface area contributed by atoms with Crippen LogP contribution in [-0.4, -0.2) is 43.1 Å². The van der Waals surface area contributed by atoms with E-state index in [0.717, 1.165) is 31.2 Å². The first-order valence-corrected chi connectivity index (χ1v) is 11.7. The van der Waals surface area contributed by atoms with Crippen molar-refractivity contribution in [2.45, 2.75) is 57.5 Å². The highest BCUT2D eigenvalue weighted by Gasteiger charge is 2.63. The van der Waals surface area contributed by atoms with E-state index < -0.39 is 6.09 Å². The number of nitrogens with one attached hydrogen (secondary N) is 1. The van der Waals surface area contributed by atoms with Crippen LogP contribution in [0.15, 0.2) is 24.3 Å². The Morgan fingerprint density at radius 1 is 1.03 bits per heavy atom. The first kappa shape index (κ1) is 20.8. The molecule has 0 atom stereocenters. The van der Waals surface area contributed by atoms with Crippen LogP contribution in [0.3, 0.4) is 0 Å². The van der Waals surface area contributed by atoms with Crippen LogP contribution in [0.25, 0.3) is 0 Å². The van der Waals surface area contributed by atoms with Crippen molar-refractivity contribution in [3.8, 4) is 0 Å². The molecular weight excluding hydrogens is 395 g/mol. The van der Waals surface area contributed by atoms with Gasteiger partial charge >= 0.3 is 6.09 Å². The lowest BCUT2D eigenvalue weighted by molar-refractivity contribution is -0.160. The summed E-state index contributed by atoms with van der Waals surface area (Å²) in [6, 6.07) is 6.94. The molecule has 0 spiro atoms. The SMILES string of the molecule is CNC(=O)OC1CN(C(=O)CC2(c3ccc(F)cc3)C3CC4CC2CC(C3)C4(C)C)C1. The normalized spacial score (nSPS) is 35.5. The van der Waals surface area contributed by atoms with Gasteiger partial charge in [-0.15, -0.1) is 0 Å². The fourth-order valence-electron chi connectivity index (χ4n) is 7.39. The van der Waals surface area contributed by atoms with Gasteiger partial charge in [0.15, 0.2) is 0 Å². The maximum absolute atomic E-state index is 13.7. The van der Waals surface area contributed by atoms with Crippen molar-refractivity contribution in [1.29, 1.82) is 0 Å². The predicted molar refractivity (Wildman–Crippen MR) is 115 cm³/mol. The van der Waals surface area contributed by atoms with Crippen molar-refractivity contribution in [2.75, 3.05) is 20.1 Å². The Bertz CT molecular complexity index is 843. The highest BCUT2D eigenvalue weighted by Crippen LogP contribution is 2.69. The first-order chi connectivity index (χ1) is 14.7. The minimum atomic E-state index is -0.455. The fraction of sp³-hybridized carbons (Fsp3) is 0.680. The highest BCUT2D eigenvalue weighted by atomic mass is 19.1. The molecule has 168 valence electrons. The Morgan fingerprint density at radius 2 is 1.58 bits per heavy atom. The average Bonchev–Trinajstić information content (AvgIpc) is 2.68. The predicted octanol–water partition coefficient (Wildman–Crippen LogP) is 4.11. The number of rotatable bonds is 4. The number of benzene rings is 1. The smallest absolute Gasteiger partial charge is 0.407 e. The number of hydrogen-bond donors (Lipinski definition) is 1. The van der Waals surface area contributed by atoms with Crippen LogP contribution in [-0.2, 0) is 14.9 Å². The summed E-state index contributed by atoms with van der Waals surface area (Å²) >= 11 is 0. The van der Waals surface area contributed by atoms with Gasteiger partial charge in [-0.05, 0) is 72.5 Å². The van der Waals surface area contributed by atoms with Gasteiger partial charge in [0.25, 0.3) is 0 Å². The van der Waals surface area contributed by atoms with Gasteiger partial charge in [0.2, 0.25) is 5.91 Å². The van der Waals surface area contributed by atoms with Crippen LogP contribution in [0.5, 0.6) is 0 Å². The van der Waals surface area contributed by atoms with E-state index in [-0.39, 0.29) is 23.2 Å². The molecule has 0 aromatic heterocycles. The molecule has 5 aliphatic rings. The number of halogens is 1. The van der Waals surface area contributed by atoms with Crippen LogP contribution in [0.2, 0.25) is 0 Å². The quantitative estimate of drug-likeness (QED) is 0.785. The zero-order valence-corrected chi connectivity index (χ0v) is 18.7. The van der Waals surface area contributed by atoms with Gasteiger partial charge in [-0.3, -0.25) is 4.79 Å². The minimum absolute atomic E-state index is 0.132. The highest BCUT2D eigenvalue weighted by molar-refractivity contribution is 5.79. The number of likely N-dealkylation sites (tertiary alicyclic amines) is 1. The number of hydrogen-bond acceptors (Lipinski definition) is 3. The van der Waals surface area contributed by atoms with Crippen molar-refractivity contribution in [3.63, 3.8) is 0 Å². The van der Waals surface area contributed by atoms with Crippen LogP contribution in [0.1, 0.15) is 51.5 Å². The van der Waals surface area contributed by atoms with Gasteiger partial charge in [0, 0.05) is 18.9 Å². The zero-order valence-electron chi connectivity index (χ0n) is 18.7. The third-order valence-corrected chi connectivity index (χ3v) is 9.34. The largest absolute Gasteiger partial charge is 0.442 e. The molecule has 2 amide bonds. The Balaban J connectivity index is 1.39. The molecule has 0 unspecified atom stereocenters. The number of carbonyl (C=O) groups is 2. The number of alkyl carbamates (subject to hydrolysis) is 1. The van der Waals surface area contributed by atoms with Gasteiger partial charge in [0.05, 0.1) is 13.1 Å². The van der Waals surface area contributed by atoms with Crippen LogP contribution >= 0.6 is 0 Å². The molecule has 1 heterocycles. The van der Waals surface area contributed by atoms with Gasteiger partial charge in [-0.1, -0.05) is 26.0 Å². The molecular formula is C25H33FN2O3. The molecule has 1 N–H and O–H groups in total. The second-order valence-electron chi connectivity index (χ2n) is 10.9. The second-order valence-corrected chi connectivity index (χ2v) is 10.9. The van der Waals surface area contributed by atoms with E-state index in [0.29, 0.717) is 48.6 Å². The summed E-state index contributed by atoms with van der Waals surface area (Å²) in [6.45, 7) is 5.77. The van der Waals surface area contributed by atoms with E-state index in [2.05, 4.69) is 19.2 Å². The molecule has 5 nitrogen and oxygen atoms in total. The van der Waals surface area contributed by atoms with E-state index in [1.54, 1.807) is 12.1 Å². The Hall–Kier alpha value is -2.11. The molecule has 4 aliphatic carbocycles.